The lowest BCUT2D eigenvalue weighted by Gasteiger charge is -2.16. The molecule has 3 aliphatic heterocycles. The van der Waals surface area contributed by atoms with Gasteiger partial charge in [-0.15, -0.1) is 9.05 Å². The van der Waals surface area contributed by atoms with Crippen LogP contribution in [0.1, 0.15) is 60.2 Å². The Labute approximate surface area is 558 Å². The Morgan fingerprint density at radius 1 is 0.526 bits per heavy atom. The Hall–Kier alpha value is -5.34. The van der Waals surface area contributed by atoms with Gasteiger partial charge in [0.05, 0.1) is 25.6 Å². The van der Waals surface area contributed by atoms with E-state index < -0.39 is 150 Å². The third kappa shape index (κ3) is 29.4. The standard InChI is InChI=1S/C10H13FN5O10P3S.C10H12FN5O7P2S.C10H13FN5O5PS.2C3H6O.2C2H4O2.2H2O/c11-5-7(17)4(1-23-27(30)25-29(21,22)26-28(18,19)20)24-10(5)16-3-15-6-8(12)13-2-14-9(6)16;11-5-7(17)4(1-21-24(26)23-25(18,19)20)22-10(5)16-3-15-6-8(12)13-2-14-9(6)16;11-5-7(17)4(1-20-22(18,19)23)21-10(5)16-3-15-6-8(12)13-2-14-9(6)16;2*1-3(2)4;2*1-2(3)4;;/h2-5,7,10,17H,1H2,(H4-,12,13,14,18,19,20,21,22);2-5,7,10,17H,1H2,(H3-,12,13,14,18,19,20);2-5,7,10,17H,1H2,(H2,12,13,14)(H2,18,19,23);2*1-2H3;2*1H3,(H,3,4);2*1H2/p+2/t3*4-,5+,7+,10-;;;;;;/m111....../s1. The number of nitrogens with two attached hydrogens (primary N) is 3. The maximum atomic E-state index is 14.6. The first-order chi connectivity index (χ1) is 43.8. The second-order valence-electron chi connectivity index (χ2n) is 18.6. The summed E-state index contributed by atoms with van der Waals surface area (Å²) >= 11 is 13.6. The molecule has 0 aromatic carbocycles. The van der Waals surface area contributed by atoms with E-state index >= 15 is 0 Å². The van der Waals surface area contributed by atoms with Crippen LogP contribution in [0.25, 0.3) is 33.5 Å². The normalized spacial score (nSPS) is 23.5. The molecule has 0 spiro atoms. The van der Waals surface area contributed by atoms with Crippen molar-refractivity contribution >= 4 is 154 Å². The lowest BCUT2D eigenvalue weighted by Crippen LogP contribution is -2.31. The predicted octanol–water partition coefficient (Wildman–Crippen LogP) is -1.12. The molecule has 0 radical (unpaired) electrons. The van der Waals surface area contributed by atoms with Crippen molar-refractivity contribution in [3.8, 4) is 0 Å². The van der Waals surface area contributed by atoms with E-state index in [0.717, 1.165) is 20.2 Å². The molecule has 9 rings (SSSR count). The molecule has 45 nitrogen and oxygen atoms in total. The SMILES string of the molecule is CC(=O)O.CC(=O)O.CC(C)=O.CC(C)=O.Nc1ncnc2c1ncn2[C@@H]1O[C@H](COP(O)(O)=S)[C@H](O)[C@@H]1F.Nc1ncnc2c1ncn2[C@@H]1O[C@H](CO[P+](=S)OP(=O)(O)O)[C@H](O)[C@@H]1F.Nc1ncnc2c1ncn2[C@@H]1O[C@H](CO[P+](=S)OP(=O)(O)OP(=O)(O)O)[C@H](O)[C@@H]1F.O.O. The number of alkyl halides is 3. The zero-order chi connectivity index (χ0) is 72.4. The molecule has 0 aliphatic carbocycles. The molecule has 6 aromatic heterocycles. The molecule has 0 saturated carbocycles. The quantitative estimate of drug-likeness (QED) is 0.0453. The number of fused-ring (bicyclic) bond motifs is 3. The van der Waals surface area contributed by atoms with Crippen molar-refractivity contribution in [2.45, 2.75) is 115 Å². The van der Waals surface area contributed by atoms with E-state index in [1.165, 1.54) is 73.0 Å². The number of carbonyl (C=O) groups excluding carboxylic acids is 2. The number of ketones is 2. The number of carboxylic acid groups (broad SMARTS) is 2. The number of Topliss-reactive ketones (excluding diaryl/α,β-unsaturated/α-hetero) is 2. The fourth-order valence-corrected chi connectivity index (χ4v) is 13.3. The summed E-state index contributed by atoms with van der Waals surface area (Å²) in [5.41, 5.74) is 18.4. The molecule has 3 fully saturated rings. The number of carbonyl (C=O) groups is 4. The highest BCUT2D eigenvalue weighted by atomic mass is 32.5. The van der Waals surface area contributed by atoms with Crippen molar-refractivity contribution in [2.75, 3.05) is 37.0 Å². The van der Waals surface area contributed by atoms with Gasteiger partial charge < -0.3 is 111 Å². The minimum atomic E-state index is -5.33. The summed E-state index contributed by atoms with van der Waals surface area (Å²) < 4.78 is 123. The molecule has 9 heterocycles. The number of nitrogens with zero attached hydrogens (tertiary/aromatic N) is 12. The highest BCUT2D eigenvalue weighted by Crippen LogP contribution is 2.62. The van der Waals surface area contributed by atoms with Crippen LogP contribution in [0.15, 0.2) is 38.0 Å². The van der Waals surface area contributed by atoms with Gasteiger partial charge in [0.25, 0.3) is 11.9 Å². The summed E-state index contributed by atoms with van der Waals surface area (Å²) in [4.78, 5) is 134. The van der Waals surface area contributed by atoms with E-state index in [1.54, 1.807) is 0 Å². The highest BCUT2D eigenvalue weighted by molar-refractivity contribution is 8.06. The van der Waals surface area contributed by atoms with Crippen LogP contribution >= 0.6 is 44.5 Å². The predicted molar refractivity (Wildman–Crippen MR) is 333 cm³/mol. The van der Waals surface area contributed by atoms with Gasteiger partial charge in [-0.05, 0) is 48.1 Å². The number of hydrogen-bond donors (Lipinski definition) is 15. The van der Waals surface area contributed by atoms with Crippen LogP contribution < -0.4 is 17.2 Å². The molecule has 3 aliphatic rings. The Balaban J connectivity index is 0.000000649. The molecule has 0 amide bonds. The van der Waals surface area contributed by atoms with E-state index in [0.29, 0.717) is 0 Å². The molecule has 97 heavy (non-hydrogen) atoms. The van der Waals surface area contributed by atoms with Crippen molar-refractivity contribution < 1.29 is 157 Å². The largest absolute Gasteiger partial charge is 0.532 e. The van der Waals surface area contributed by atoms with Crippen LogP contribution in [0.4, 0.5) is 30.6 Å². The first-order valence-electron chi connectivity index (χ1n) is 25.3. The van der Waals surface area contributed by atoms with E-state index in [2.05, 4.69) is 97.7 Å². The minimum Gasteiger partial charge on any atom is -0.481 e. The molecular formula is C40H64F3N15O30P6S3+2. The van der Waals surface area contributed by atoms with Gasteiger partial charge >= 0.3 is 44.5 Å². The molecule has 57 heteroatoms. The molecule has 0 bridgehead atoms. The number of aromatic nitrogens is 12. The molecule has 15 atom stereocenters. The maximum absolute atomic E-state index is 14.6. The Morgan fingerprint density at radius 2 is 0.794 bits per heavy atom. The average Bonchev–Trinajstić information content (AvgIpc) is 1.65. The lowest BCUT2D eigenvalue weighted by molar-refractivity contribution is -0.135. The number of imidazole rings is 3. The van der Waals surface area contributed by atoms with Crippen molar-refractivity contribution in [2.24, 2.45) is 0 Å². The number of phosphoric acid groups is 3. The molecule has 22 N–H and O–H groups in total. The lowest BCUT2D eigenvalue weighted by atomic mass is 10.1. The van der Waals surface area contributed by atoms with Crippen molar-refractivity contribution in [1.29, 1.82) is 0 Å². The highest BCUT2D eigenvalue weighted by Gasteiger charge is 2.50. The number of nitrogen functional groups attached to an aromatic ring is 3. The van der Waals surface area contributed by atoms with Crippen LogP contribution in [-0.2, 0) is 109 Å². The van der Waals surface area contributed by atoms with Gasteiger partial charge in [-0.25, -0.2) is 71.7 Å². The number of aliphatic carboxylic acids is 2. The third-order valence-corrected chi connectivity index (χ3v) is 18.3. The van der Waals surface area contributed by atoms with E-state index in [-0.39, 0.29) is 73.5 Å². The van der Waals surface area contributed by atoms with Crippen molar-refractivity contribution in [3.05, 3.63) is 38.0 Å². The zero-order valence-electron chi connectivity index (χ0n) is 50.1. The van der Waals surface area contributed by atoms with Gasteiger partial charge in [0.2, 0.25) is 23.6 Å². The van der Waals surface area contributed by atoms with Gasteiger partial charge in [-0.2, -0.15) is 4.31 Å². The summed E-state index contributed by atoms with van der Waals surface area (Å²) in [5, 5.41) is 44.8. The van der Waals surface area contributed by atoms with Crippen molar-refractivity contribution in [3.63, 3.8) is 0 Å². The second kappa shape index (κ2) is 39.6. The molecule has 6 aromatic rings. The fraction of sp³-hybridized carbons (Fsp3) is 0.525. The fourth-order valence-electron chi connectivity index (χ4n) is 7.17. The summed E-state index contributed by atoms with van der Waals surface area (Å²) in [6.07, 6.45) is -10.6. The van der Waals surface area contributed by atoms with Crippen molar-refractivity contribution in [1.82, 2.24) is 58.6 Å². The Morgan fingerprint density at radius 3 is 1.05 bits per heavy atom. The van der Waals surface area contributed by atoms with E-state index in [9.17, 15) is 56.7 Å². The number of hydrogen-bond acceptors (Lipinski definition) is 34. The van der Waals surface area contributed by atoms with Crippen LogP contribution in [0.2, 0.25) is 0 Å². The maximum Gasteiger partial charge on any atom is 0.532 e. The third-order valence-electron chi connectivity index (χ3n) is 10.5. The molecular weight excluding hydrogens is 1510 g/mol. The minimum absolute atomic E-state index is 0. The Kier molecular flexibility index (Phi) is 36.6. The van der Waals surface area contributed by atoms with Gasteiger partial charge in [0.1, 0.15) is 96.9 Å². The summed E-state index contributed by atoms with van der Waals surface area (Å²) in [6, 6.07) is 0. The topological polar surface area (TPSA) is 717 Å². The number of aliphatic hydroxyl groups excluding tert-OH is 3. The van der Waals surface area contributed by atoms with Gasteiger partial charge in [0.15, 0.2) is 71.6 Å². The number of aliphatic hydroxyl groups is 3. The van der Waals surface area contributed by atoms with Gasteiger partial charge in [0, 0.05) is 13.8 Å². The number of halogens is 3. The molecule has 546 valence electrons. The molecule has 3 saturated heterocycles. The summed E-state index contributed by atoms with van der Waals surface area (Å²) in [7, 11) is -20.4. The zero-order valence-corrected chi connectivity index (χ0v) is 57.9. The number of anilines is 3. The Bertz CT molecular complexity index is 3780. The van der Waals surface area contributed by atoms with E-state index in [4.69, 9.17) is 89.6 Å². The van der Waals surface area contributed by atoms with Crippen LogP contribution in [-0.4, -0.2) is 228 Å². The summed E-state index contributed by atoms with van der Waals surface area (Å²) in [6.45, 7) is 2.88. The van der Waals surface area contributed by atoms with Crippen LogP contribution in [0.3, 0.4) is 0 Å². The monoisotopic (exact) mass is 1570 g/mol. The number of ether oxygens (including phenoxy) is 3. The van der Waals surface area contributed by atoms with Gasteiger partial charge in [-0.1, -0.05) is 0 Å². The molecule has 3 unspecified atom stereocenters. The van der Waals surface area contributed by atoms with E-state index in [1.807, 2.05) is 0 Å². The summed E-state index contributed by atoms with van der Waals surface area (Å²) in [5.74, 6) is -1.04. The smallest absolute Gasteiger partial charge is 0.481 e. The first kappa shape index (κ1) is 89.7. The number of carboxylic acids is 2. The van der Waals surface area contributed by atoms with Gasteiger partial charge in [-0.3, -0.25) is 28.2 Å². The second-order valence-corrected chi connectivity index (χ2v) is 29.3. The number of rotatable bonds is 18. The van der Waals surface area contributed by atoms with Crippen LogP contribution in [0, 0.1) is 0 Å². The van der Waals surface area contributed by atoms with Crippen LogP contribution in [0.5, 0.6) is 0 Å². The first-order valence-corrected chi connectivity index (χ1v) is 36.8. The average molecular weight is 1570 g/mol.